The fraction of sp³-hybridized carbons (Fsp3) is 1.00. The highest BCUT2D eigenvalue weighted by Gasteiger charge is 2.42. The summed E-state index contributed by atoms with van der Waals surface area (Å²) in [6, 6.07) is 0. The molecule has 0 aromatic carbocycles. The summed E-state index contributed by atoms with van der Waals surface area (Å²) in [5.74, 6) is 4.01. The first-order valence-corrected chi connectivity index (χ1v) is 12.9. The zero-order valence-electron chi connectivity index (χ0n) is 18.7. The van der Waals surface area contributed by atoms with Gasteiger partial charge in [0.25, 0.3) is 0 Å². The van der Waals surface area contributed by atoms with Crippen LogP contribution in [0.5, 0.6) is 0 Å². The summed E-state index contributed by atoms with van der Waals surface area (Å²) in [5, 5.41) is 0. The molecule has 0 aromatic rings. The van der Waals surface area contributed by atoms with Crippen molar-refractivity contribution < 1.29 is 4.74 Å². The second kappa shape index (κ2) is 11.2. The molecule has 0 bridgehead atoms. The van der Waals surface area contributed by atoms with Crippen molar-refractivity contribution in [2.75, 3.05) is 6.61 Å². The highest BCUT2D eigenvalue weighted by molar-refractivity contribution is 4.93. The molecule has 0 spiro atoms. The highest BCUT2D eigenvalue weighted by atomic mass is 16.5. The zero-order valence-corrected chi connectivity index (χ0v) is 18.7. The predicted molar refractivity (Wildman–Crippen MR) is 117 cm³/mol. The minimum absolute atomic E-state index is 0.275. The monoisotopic (exact) mass is 376 g/mol. The lowest BCUT2D eigenvalue weighted by atomic mass is 9.67. The van der Waals surface area contributed by atoms with Crippen LogP contribution in [-0.2, 0) is 4.74 Å². The number of hydrogen-bond acceptors (Lipinski definition) is 1. The lowest BCUT2D eigenvalue weighted by Gasteiger charge is -2.46. The normalized spacial score (nSPS) is 34.4. The summed E-state index contributed by atoms with van der Waals surface area (Å²) in [7, 11) is 0. The molecule has 0 amide bonds. The van der Waals surface area contributed by atoms with Crippen LogP contribution in [0.15, 0.2) is 0 Å². The first-order chi connectivity index (χ1) is 13.3. The van der Waals surface area contributed by atoms with E-state index in [1.165, 1.54) is 116 Å². The third kappa shape index (κ3) is 6.22. The smallest absolute Gasteiger partial charge is 0.0710 e. The molecule has 0 heterocycles. The maximum absolute atomic E-state index is 6.66. The summed E-state index contributed by atoms with van der Waals surface area (Å²) >= 11 is 0. The molecule has 3 fully saturated rings. The van der Waals surface area contributed by atoms with E-state index in [9.17, 15) is 0 Å². The van der Waals surface area contributed by atoms with Crippen molar-refractivity contribution >= 4 is 0 Å². The number of hydrogen-bond donors (Lipinski definition) is 0. The van der Waals surface area contributed by atoms with Crippen LogP contribution in [0.3, 0.4) is 0 Å². The molecule has 3 rings (SSSR count). The SMILES string of the molecule is CCCCOC1([C@H]2CC[C@H](CC[C@H]3CC[C@H](CC)CC3)CC2)CCCCC1. The zero-order chi connectivity index (χ0) is 19.0. The quantitative estimate of drug-likeness (QED) is 0.368. The molecule has 0 radical (unpaired) electrons. The maximum Gasteiger partial charge on any atom is 0.0710 e. The summed E-state index contributed by atoms with van der Waals surface area (Å²) in [4.78, 5) is 0. The van der Waals surface area contributed by atoms with Crippen molar-refractivity contribution in [2.45, 2.75) is 135 Å². The molecule has 3 aliphatic rings. The first kappa shape index (κ1) is 21.7. The Kier molecular flexibility index (Phi) is 9.01. The number of rotatable bonds is 9. The van der Waals surface area contributed by atoms with Gasteiger partial charge in [-0.2, -0.15) is 0 Å². The molecule has 0 saturated heterocycles. The van der Waals surface area contributed by atoms with Crippen LogP contribution >= 0.6 is 0 Å². The van der Waals surface area contributed by atoms with Crippen molar-refractivity contribution in [2.24, 2.45) is 23.7 Å². The molecule has 158 valence electrons. The number of ether oxygens (including phenoxy) is 1. The minimum atomic E-state index is 0.275. The van der Waals surface area contributed by atoms with E-state index < -0.39 is 0 Å². The molecule has 0 aromatic heterocycles. The van der Waals surface area contributed by atoms with Crippen LogP contribution in [0, 0.1) is 23.7 Å². The Morgan fingerprint density at radius 3 is 1.81 bits per heavy atom. The molecule has 3 saturated carbocycles. The summed E-state index contributed by atoms with van der Waals surface area (Å²) in [5.41, 5.74) is 0.275. The molecular formula is C26H48O. The van der Waals surface area contributed by atoms with Crippen molar-refractivity contribution in [1.29, 1.82) is 0 Å². The van der Waals surface area contributed by atoms with Gasteiger partial charge in [-0.15, -0.1) is 0 Å². The topological polar surface area (TPSA) is 9.23 Å². The highest BCUT2D eigenvalue weighted by Crippen LogP contribution is 2.46. The van der Waals surface area contributed by atoms with Gasteiger partial charge in [0.15, 0.2) is 0 Å². The Morgan fingerprint density at radius 1 is 0.704 bits per heavy atom. The summed E-state index contributed by atoms with van der Waals surface area (Å²) < 4.78 is 6.66. The lowest BCUT2D eigenvalue weighted by Crippen LogP contribution is -2.44. The fourth-order valence-corrected chi connectivity index (χ4v) is 6.62. The van der Waals surface area contributed by atoms with E-state index in [4.69, 9.17) is 4.74 Å². The lowest BCUT2D eigenvalue weighted by molar-refractivity contribution is -0.122. The molecule has 3 aliphatic carbocycles. The predicted octanol–water partition coefficient (Wildman–Crippen LogP) is 8.31. The van der Waals surface area contributed by atoms with Crippen LogP contribution in [-0.4, -0.2) is 12.2 Å². The van der Waals surface area contributed by atoms with Crippen molar-refractivity contribution in [3.63, 3.8) is 0 Å². The van der Waals surface area contributed by atoms with Crippen molar-refractivity contribution in [3.8, 4) is 0 Å². The molecule has 1 heteroatoms. The molecule has 0 N–H and O–H groups in total. The van der Waals surface area contributed by atoms with E-state index in [1.54, 1.807) is 0 Å². The Labute approximate surface area is 170 Å². The van der Waals surface area contributed by atoms with Gasteiger partial charge in [0.2, 0.25) is 0 Å². The summed E-state index contributed by atoms with van der Waals surface area (Å²) in [6.45, 7) is 5.68. The van der Waals surface area contributed by atoms with Crippen LogP contribution < -0.4 is 0 Å². The molecule has 0 atom stereocenters. The van der Waals surface area contributed by atoms with Gasteiger partial charge in [-0.1, -0.05) is 97.3 Å². The first-order valence-electron chi connectivity index (χ1n) is 12.9. The molecule has 1 nitrogen and oxygen atoms in total. The van der Waals surface area contributed by atoms with Crippen LogP contribution in [0.4, 0.5) is 0 Å². The Morgan fingerprint density at radius 2 is 1.26 bits per heavy atom. The van der Waals surface area contributed by atoms with Crippen molar-refractivity contribution in [1.82, 2.24) is 0 Å². The van der Waals surface area contributed by atoms with Crippen LogP contribution in [0.25, 0.3) is 0 Å². The van der Waals surface area contributed by atoms with Gasteiger partial charge in [-0.05, 0) is 55.8 Å². The van der Waals surface area contributed by atoms with E-state index in [-0.39, 0.29) is 5.60 Å². The van der Waals surface area contributed by atoms with Gasteiger partial charge in [-0.25, -0.2) is 0 Å². The standard InChI is InChI=1S/C26H48O/c1-3-5-21-27-26(19-7-6-8-20-26)25-17-15-24(16-18-25)14-13-23-11-9-22(4-2)10-12-23/h22-25H,3-21H2,1-2H3/t22-,23-,24-,25-. The Bertz CT molecular complexity index is 381. The fourth-order valence-electron chi connectivity index (χ4n) is 6.62. The third-order valence-electron chi connectivity index (χ3n) is 8.70. The van der Waals surface area contributed by atoms with Gasteiger partial charge in [0, 0.05) is 6.61 Å². The van der Waals surface area contributed by atoms with E-state index in [0.29, 0.717) is 0 Å². The third-order valence-corrected chi connectivity index (χ3v) is 8.70. The van der Waals surface area contributed by atoms with Gasteiger partial charge in [0.05, 0.1) is 5.60 Å². The van der Waals surface area contributed by atoms with Crippen molar-refractivity contribution in [3.05, 3.63) is 0 Å². The van der Waals surface area contributed by atoms with E-state index >= 15 is 0 Å². The second-order valence-electron chi connectivity index (χ2n) is 10.4. The maximum atomic E-state index is 6.66. The van der Waals surface area contributed by atoms with Gasteiger partial charge in [-0.3, -0.25) is 0 Å². The summed E-state index contributed by atoms with van der Waals surface area (Å²) in [6.07, 6.45) is 26.0. The molecule has 0 unspecified atom stereocenters. The van der Waals surface area contributed by atoms with Crippen LogP contribution in [0.2, 0.25) is 0 Å². The molecule has 27 heavy (non-hydrogen) atoms. The van der Waals surface area contributed by atoms with E-state index in [2.05, 4.69) is 13.8 Å². The van der Waals surface area contributed by atoms with Gasteiger partial charge >= 0.3 is 0 Å². The minimum Gasteiger partial charge on any atom is -0.375 e. The Hall–Kier alpha value is -0.0400. The van der Waals surface area contributed by atoms with E-state index in [1.807, 2.05) is 0 Å². The van der Waals surface area contributed by atoms with Crippen LogP contribution in [0.1, 0.15) is 129 Å². The average Bonchev–Trinajstić information content (AvgIpc) is 2.74. The van der Waals surface area contributed by atoms with Gasteiger partial charge < -0.3 is 4.74 Å². The average molecular weight is 377 g/mol. The largest absolute Gasteiger partial charge is 0.375 e. The van der Waals surface area contributed by atoms with E-state index in [0.717, 1.165) is 30.3 Å². The molecule has 0 aliphatic heterocycles. The molecular weight excluding hydrogens is 328 g/mol. The Balaban J connectivity index is 1.40. The van der Waals surface area contributed by atoms with Gasteiger partial charge in [0.1, 0.15) is 0 Å². The second-order valence-corrected chi connectivity index (χ2v) is 10.4. The number of unbranched alkanes of at least 4 members (excludes halogenated alkanes) is 1.